The van der Waals surface area contributed by atoms with Gasteiger partial charge in [-0.25, -0.2) is 4.98 Å². The number of hydrogen-bond donors (Lipinski definition) is 2. The second-order valence-corrected chi connectivity index (χ2v) is 10.7. The third-order valence-electron chi connectivity index (χ3n) is 7.87. The first-order valence-electron chi connectivity index (χ1n) is 13.4. The number of piperazine rings is 1. The Morgan fingerprint density at radius 2 is 1.81 bits per heavy atom. The summed E-state index contributed by atoms with van der Waals surface area (Å²) in [6, 6.07) is 6.92. The summed E-state index contributed by atoms with van der Waals surface area (Å²) in [5.41, 5.74) is 4.63. The average molecular weight is 519 g/mol. The molecular weight excluding hydrogens is 481 g/mol. The largest absolute Gasteiger partial charge is 0.393 e. The fourth-order valence-corrected chi connectivity index (χ4v) is 5.69. The van der Waals surface area contributed by atoms with E-state index in [0.29, 0.717) is 5.95 Å². The zero-order valence-corrected chi connectivity index (χ0v) is 21.5. The van der Waals surface area contributed by atoms with E-state index in [2.05, 4.69) is 50.2 Å². The molecule has 0 atom stereocenters. The van der Waals surface area contributed by atoms with Crippen molar-refractivity contribution in [1.82, 2.24) is 19.8 Å². The Morgan fingerprint density at radius 3 is 2.54 bits per heavy atom. The maximum absolute atomic E-state index is 12.5. The van der Waals surface area contributed by atoms with Crippen LogP contribution in [0.2, 0.25) is 0 Å². The third kappa shape index (κ3) is 6.53. The van der Waals surface area contributed by atoms with E-state index in [-0.39, 0.29) is 25.1 Å². The molecule has 0 bridgehead atoms. The number of hydrogen-bond acceptors (Lipinski definition) is 7. The van der Waals surface area contributed by atoms with Gasteiger partial charge in [-0.05, 0) is 55.8 Å². The highest BCUT2D eigenvalue weighted by Crippen LogP contribution is 2.41. The Bertz CT molecular complexity index is 1060. The van der Waals surface area contributed by atoms with Crippen molar-refractivity contribution < 1.29 is 18.3 Å². The van der Waals surface area contributed by atoms with E-state index < -0.39 is 12.6 Å². The van der Waals surface area contributed by atoms with Crippen molar-refractivity contribution in [1.29, 1.82) is 0 Å². The van der Waals surface area contributed by atoms with Crippen LogP contribution in [0.15, 0.2) is 24.4 Å². The maximum Gasteiger partial charge on any atom is 0.389 e. The molecule has 1 saturated carbocycles. The van der Waals surface area contributed by atoms with Crippen molar-refractivity contribution in [2.75, 3.05) is 50.0 Å². The molecule has 1 saturated heterocycles. The second kappa shape index (κ2) is 11.1. The van der Waals surface area contributed by atoms with Gasteiger partial charge in [0.1, 0.15) is 5.82 Å². The molecule has 3 heterocycles. The zero-order chi connectivity index (χ0) is 26.0. The van der Waals surface area contributed by atoms with Gasteiger partial charge in [0.2, 0.25) is 5.95 Å². The number of fused-ring (bicyclic) bond motifs is 3. The van der Waals surface area contributed by atoms with Crippen LogP contribution < -0.4 is 10.2 Å². The monoisotopic (exact) mass is 518 g/mol. The number of aromatic nitrogens is 2. The molecule has 0 radical (unpaired) electrons. The molecule has 7 nitrogen and oxygen atoms in total. The van der Waals surface area contributed by atoms with Gasteiger partial charge in [0.05, 0.1) is 6.10 Å². The van der Waals surface area contributed by atoms with Crippen molar-refractivity contribution in [2.24, 2.45) is 0 Å². The standard InChI is InChI=1S/C27H37F3N6O/c1-34-11-13-35(14-12-34)17-19-3-8-23-20(15-19)18-36(21-4-6-22(37)7-5-21)25-24(23)16-32-26(33-25)31-10-2-9-27(28,29)30/h3,8,15-16,21-22,37H,2,4-7,9-14,17-18H2,1H3,(H,31,32,33). The normalized spacial score (nSPS) is 23.0. The highest BCUT2D eigenvalue weighted by molar-refractivity contribution is 5.81. The second-order valence-electron chi connectivity index (χ2n) is 10.7. The van der Waals surface area contributed by atoms with Crippen molar-refractivity contribution in [3.63, 3.8) is 0 Å². The van der Waals surface area contributed by atoms with Gasteiger partial charge in [-0.3, -0.25) is 4.90 Å². The molecule has 37 heavy (non-hydrogen) atoms. The van der Waals surface area contributed by atoms with E-state index >= 15 is 0 Å². The number of nitrogens with zero attached hydrogens (tertiary/aromatic N) is 5. The number of alkyl halides is 3. The number of benzene rings is 1. The van der Waals surface area contributed by atoms with Crippen LogP contribution >= 0.6 is 0 Å². The van der Waals surface area contributed by atoms with Crippen molar-refractivity contribution in [3.05, 3.63) is 35.5 Å². The Balaban J connectivity index is 1.37. The molecule has 10 heteroatoms. The van der Waals surface area contributed by atoms with E-state index in [1.165, 1.54) is 11.1 Å². The van der Waals surface area contributed by atoms with Crippen LogP contribution in [0.1, 0.15) is 49.7 Å². The SMILES string of the molecule is CN1CCN(Cc2ccc3c(c2)CN(C2CCC(O)CC2)c2nc(NCCCC(F)(F)F)ncc2-3)CC1. The molecule has 2 aromatic rings. The molecule has 0 spiro atoms. The highest BCUT2D eigenvalue weighted by atomic mass is 19.4. The lowest BCUT2D eigenvalue weighted by Crippen LogP contribution is -2.44. The molecule has 2 aliphatic heterocycles. The predicted octanol–water partition coefficient (Wildman–Crippen LogP) is 4.27. The first kappa shape index (κ1) is 26.2. The van der Waals surface area contributed by atoms with Gasteiger partial charge in [0.15, 0.2) is 0 Å². The molecule has 2 fully saturated rings. The van der Waals surface area contributed by atoms with E-state index in [4.69, 9.17) is 4.98 Å². The lowest BCUT2D eigenvalue weighted by molar-refractivity contribution is -0.134. The Kier molecular flexibility index (Phi) is 7.88. The van der Waals surface area contributed by atoms with E-state index in [0.717, 1.165) is 81.9 Å². The summed E-state index contributed by atoms with van der Waals surface area (Å²) in [5.74, 6) is 1.19. The number of aliphatic hydroxyl groups is 1. The minimum atomic E-state index is -4.16. The van der Waals surface area contributed by atoms with Gasteiger partial charge in [-0.2, -0.15) is 18.2 Å². The first-order valence-corrected chi connectivity index (χ1v) is 13.4. The van der Waals surface area contributed by atoms with Crippen LogP contribution in [0.3, 0.4) is 0 Å². The van der Waals surface area contributed by atoms with E-state index in [1.807, 2.05) is 0 Å². The minimum Gasteiger partial charge on any atom is -0.393 e. The van der Waals surface area contributed by atoms with Gasteiger partial charge >= 0.3 is 6.18 Å². The fourth-order valence-electron chi connectivity index (χ4n) is 5.69. The summed E-state index contributed by atoms with van der Waals surface area (Å²) in [6.45, 7) is 6.14. The lowest BCUT2D eigenvalue weighted by atomic mass is 9.88. The summed E-state index contributed by atoms with van der Waals surface area (Å²) >= 11 is 0. The number of rotatable bonds is 7. The number of likely N-dealkylation sites (N-methyl/N-ethyl adjacent to an activating group) is 1. The molecular formula is C27H37F3N6O. The molecule has 1 aromatic carbocycles. The van der Waals surface area contributed by atoms with E-state index in [9.17, 15) is 18.3 Å². The fraction of sp³-hybridized carbons (Fsp3) is 0.630. The molecule has 0 amide bonds. The predicted molar refractivity (Wildman–Crippen MR) is 138 cm³/mol. The maximum atomic E-state index is 12.5. The Morgan fingerprint density at radius 1 is 1.05 bits per heavy atom. The molecule has 5 rings (SSSR count). The summed E-state index contributed by atoms with van der Waals surface area (Å²) < 4.78 is 37.6. The van der Waals surface area contributed by atoms with Gasteiger partial charge in [0.25, 0.3) is 0 Å². The van der Waals surface area contributed by atoms with Crippen LogP contribution in [-0.2, 0) is 13.1 Å². The average Bonchev–Trinajstić information content (AvgIpc) is 2.87. The number of anilines is 2. The summed E-state index contributed by atoms with van der Waals surface area (Å²) in [5, 5.41) is 13.0. The van der Waals surface area contributed by atoms with Crippen LogP contribution in [0.25, 0.3) is 11.1 Å². The van der Waals surface area contributed by atoms with Gasteiger partial charge in [-0.15, -0.1) is 0 Å². The molecule has 1 aliphatic carbocycles. The highest BCUT2D eigenvalue weighted by Gasteiger charge is 2.32. The Hall–Kier alpha value is -2.43. The molecule has 3 aliphatic rings. The molecule has 2 N–H and O–H groups in total. The topological polar surface area (TPSA) is 67.8 Å². The van der Waals surface area contributed by atoms with Crippen LogP contribution in [0, 0.1) is 0 Å². The van der Waals surface area contributed by atoms with Crippen molar-refractivity contribution in [3.8, 4) is 11.1 Å². The lowest BCUT2D eigenvalue weighted by Gasteiger charge is -2.40. The van der Waals surface area contributed by atoms with Gasteiger partial charge in [-0.1, -0.05) is 18.2 Å². The minimum absolute atomic E-state index is 0.0207. The van der Waals surface area contributed by atoms with Crippen LogP contribution in [0.4, 0.5) is 24.9 Å². The molecule has 1 aromatic heterocycles. The zero-order valence-electron chi connectivity index (χ0n) is 21.5. The third-order valence-corrected chi connectivity index (χ3v) is 7.87. The molecule has 202 valence electrons. The van der Waals surface area contributed by atoms with Crippen LogP contribution in [0.5, 0.6) is 0 Å². The van der Waals surface area contributed by atoms with Crippen molar-refractivity contribution >= 4 is 11.8 Å². The van der Waals surface area contributed by atoms with Crippen LogP contribution in [-0.4, -0.2) is 83.0 Å². The number of aliphatic hydroxyl groups excluding tert-OH is 1. The smallest absolute Gasteiger partial charge is 0.389 e. The number of nitrogens with one attached hydrogen (secondary N) is 1. The number of halogens is 3. The van der Waals surface area contributed by atoms with E-state index in [1.54, 1.807) is 6.20 Å². The van der Waals surface area contributed by atoms with Crippen molar-refractivity contribution in [2.45, 2.75) is 69.9 Å². The molecule has 0 unspecified atom stereocenters. The summed E-state index contributed by atoms with van der Waals surface area (Å²) in [4.78, 5) is 16.4. The summed E-state index contributed by atoms with van der Waals surface area (Å²) in [6.07, 6.45) is -0.159. The quantitative estimate of drug-likeness (QED) is 0.531. The van der Waals surface area contributed by atoms with Gasteiger partial charge < -0.3 is 20.2 Å². The van der Waals surface area contributed by atoms with Gasteiger partial charge in [0, 0.05) is 70.0 Å². The first-order chi connectivity index (χ1) is 17.7. The Labute approximate surface area is 216 Å². The summed E-state index contributed by atoms with van der Waals surface area (Å²) in [7, 11) is 2.16.